The second-order valence-electron chi connectivity index (χ2n) is 3.14. The third kappa shape index (κ3) is 2.61. The van der Waals surface area contributed by atoms with Gasteiger partial charge in [-0.05, 0) is 18.2 Å². The van der Waals surface area contributed by atoms with Crippen LogP contribution in [0.4, 0.5) is 5.69 Å². The van der Waals surface area contributed by atoms with Crippen LogP contribution in [0.15, 0.2) is 23.8 Å². The molecule has 0 radical (unpaired) electrons. The van der Waals surface area contributed by atoms with Gasteiger partial charge in [0.1, 0.15) is 5.57 Å². The summed E-state index contributed by atoms with van der Waals surface area (Å²) in [5, 5.41) is 37.2. The summed E-state index contributed by atoms with van der Waals surface area (Å²) in [5.41, 5.74) is -2.10. The van der Waals surface area contributed by atoms with Gasteiger partial charge in [-0.2, -0.15) is 0 Å². The van der Waals surface area contributed by atoms with Crippen molar-refractivity contribution in [1.82, 2.24) is 0 Å². The highest BCUT2D eigenvalue weighted by Crippen LogP contribution is 2.30. The molecule has 0 fully saturated rings. The zero-order valence-electron chi connectivity index (χ0n) is 8.73. The van der Waals surface area contributed by atoms with Gasteiger partial charge < -0.3 is 15.3 Å². The number of phenols is 1. The molecule has 1 rings (SSSR count). The second kappa shape index (κ2) is 4.95. The molecule has 0 aliphatic rings. The highest BCUT2D eigenvalue weighted by atomic mass is 16.6. The first-order valence-corrected chi connectivity index (χ1v) is 4.49. The number of aromatic hydroxyl groups is 1. The largest absolute Gasteiger partial charge is 0.502 e. The normalized spacial score (nSPS) is 9.56. The van der Waals surface area contributed by atoms with Crippen LogP contribution in [0, 0.1) is 10.1 Å². The van der Waals surface area contributed by atoms with E-state index in [1.807, 2.05) is 0 Å². The molecule has 94 valence electrons. The third-order valence-electron chi connectivity index (χ3n) is 1.99. The fraction of sp³-hybridized carbons (Fsp3) is 0. The molecule has 8 heteroatoms. The Hall–Kier alpha value is -2.90. The summed E-state index contributed by atoms with van der Waals surface area (Å²) < 4.78 is 0. The van der Waals surface area contributed by atoms with Crippen LogP contribution in [0.25, 0.3) is 6.08 Å². The molecule has 18 heavy (non-hydrogen) atoms. The van der Waals surface area contributed by atoms with Crippen molar-refractivity contribution in [3.05, 3.63) is 39.4 Å². The molecule has 8 nitrogen and oxygen atoms in total. The summed E-state index contributed by atoms with van der Waals surface area (Å²) in [5.74, 6) is -4.15. The zero-order chi connectivity index (χ0) is 13.9. The second-order valence-corrected chi connectivity index (χ2v) is 3.14. The van der Waals surface area contributed by atoms with Gasteiger partial charge in [-0.3, -0.25) is 10.1 Å². The van der Waals surface area contributed by atoms with Crippen molar-refractivity contribution >= 4 is 23.7 Å². The molecular formula is C10H7NO7. The van der Waals surface area contributed by atoms with Gasteiger partial charge in [0.25, 0.3) is 0 Å². The summed E-state index contributed by atoms with van der Waals surface area (Å²) in [7, 11) is 0. The quantitative estimate of drug-likeness (QED) is 0.237. The lowest BCUT2D eigenvalue weighted by Gasteiger charge is -2.01. The molecule has 0 spiro atoms. The van der Waals surface area contributed by atoms with Crippen LogP contribution >= 0.6 is 0 Å². The standard InChI is InChI=1S/C10H7NO7/c12-7-3-1-2-5(8(7)11(17)18)4-6(9(13)14)10(15)16/h1-4,12H,(H,13,14)(H,15,16). The van der Waals surface area contributed by atoms with E-state index >= 15 is 0 Å². The topological polar surface area (TPSA) is 138 Å². The number of aliphatic carboxylic acids is 2. The number of nitrogens with zero attached hydrogens (tertiary/aromatic N) is 1. The lowest BCUT2D eigenvalue weighted by Crippen LogP contribution is -2.11. The monoisotopic (exact) mass is 253 g/mol. The third-order valence-corrected chi connectivity index (χ3v) is 1.99. The Labute approximate surface area is 99.6 Å². The fourth-order valence-corrected chi connectivity index (χ4v) is 1.23. The van der Waals surface area contributed by atoms with E-state index in [1.54, 1.807) is 0 Å². The van der Waals surface area contributed by atoms with E-state index < -0.39 is 33.9 Å². The average molecular weight is 253 g/mol. The van der Waals surface area contributed by atoms with Gasteiger partial charge in [-0.25, -0.2) is 9.59 Å². The first-order valence-electron chi connectivity index (χ1n) is 4.49. The smallest absolute Gasteiger partial charge is 0.343 e. The summed E-state index contributed by atoms with van der Waals surface area (Å²) in [6.45, 7) is 0. The van der Waals surface area contributed by atoms with Crippen LogP contribution in [0.1, 0.15) is 5.56 Å². The zero-order valence-corrected chi connectivity index (χ0v) is 8.73. The molecule has 0 heterocycles. The van der Waals surface area contributed by atoms with E-state index in [-0.39, 0.29) is 5.56 Å². The maximum atomic E-state index is 10.7. The van der Waals surface area contributed by atoms with Crippen LogP contribution in [-0.2, 0) is 9.59 Å². The Kier molecular flexibility index (Phi) is 3.62. The van der Waals surface area contributed by atoms with E-state index in [4.69, 9.17) is 10.2 Å². The lowest BCUT2D eigenvalue weighted by molar-refractivity contribution is -0.386. The number of para-hydroxylation sites is 1. The summed E-state index contributed by atoms with van der Waals surface area (Å²) in [4.78, 5) is 31.0. The highest BCUT2D eigenvalue weighted by molar-refractivity contribution is 6.16. The summed E-state index contributed by atoms with van der Waals surface area (Å²) >= 11 is 0. The van der Waals surface area contributed by atoms with Gasteiger partial charge >= 0.3 is 17.6 Å². The number of benzene rings is 1. The molecule has 0 aliphatic heterocycles. The minimum absolute atomic E-state index is 0.306. The number of nitro benzene ring substituents is 1. The fourth-order valence-electron chi connectivity index (χ4n) is 1.23. The molecule has 0 aromatic heterocycles. The predicted octanol–water partition coefficient (Wildman–Crippen LogP) is 0.853. The molecule has 0 atom stereocenters. The van der Waals surface area contributed by atoms with E-state index in [0.717, 1.165) is 12.1 Å². The number of hydrogen-bond acceptors (Lipinski definition) is 5. The van der Waals surface area contributed by atoms with Crippen LogP contribution in [0.5, 0.6) is 5.75 Å². The molecule has 0 saturated carbocycles. The number of carbonyl (C=O) groups is 2. The Morgan fingerprint density at radius 3 is 2.22 bits per heavy atom. The molecule has 3 N–H and O–H groups in total. The van der Waals surface area contributed by atoms with E-state index in [1.165, 1.54) is 6.07 Å². The lowest BCUT2D eigenvalue weighted by atomic mass is 10.1. The van der Waals surface area contributed by atoms with Gasteiger partial charge in [0.05, 0.1) is 10.5 Å². The van der Waals surface area contributed by atoms with E-state index in [2.05, 4.69) is 0 Å². The van der Waals surface area contributed by atoms with Gasteiger partial charge in [0.2, 0.25) is 0 Å². The first-order chi connectivity index (χ1) is 8.34. The van der Waals surface area contributed by atoms with Crippen LogP contribution in [0.2, 0.25) is 0 Å². The number of carboxylic acids is 2. The maximum absolute atomic E-state index is 10.7. The first kappa shape index (κ1) is 13.2. The van der Waals surface area contributed by atoms with Crippen LogP contribution < -0.4 is 0 Å². The minimum Gasteiger partial charge on any atom is -0.502 e. The Balaban J connectivity index is 3.47. The molecule has 0 unspecified atom stereocenters. The molecule has 0 bridgehead atoms. The summed E-state index contributed by atoms with van der Waals surface area (Å²) in [6, 6.07) is 3.40. The van der Waals surface area contributed by atoms with Gasteiger partial charge in [0, 0.05) is 0 Å². The Bertz CT molecular complexity index is 545. The number of carboxylic acid groups (broad SMARTS) is 2. The number of phenolic OH excluding ortho intramolecular Hbond substituents is 1. The molecule has 0 amide bonds. The Morgan fingerprint density at radius 1 is 1.22 bits per heavy atom. The number of nitro groups is 1. The minimum atomic E-state index is -1.74. The average Bonchev–Trinajstić information content (AvgIpc) is 2.24. The molecular weight excluding hydrogens is 246 g/mol. The van der Waals surface area contributed by atoms with Crippen molar-refractivity contribution in [2.45, 2.75) is 0 Å². The van der Waals surface area contributed by atoms with Crippen molar-refractivity contribution in [3.8, 4) is 5.75 Å². The van der Waals surface area contributed by atoms with Crippen molar-refractivity contribution in [3.63, 3.8) is 0 Å². The van der Waals surface area contributed by atoms with E-state index in [0.29, 0.717) is 6.08 Å². The molecule has 0 aliphatic carbocycles. The molecule has 0 saturated heterocycles. The summed E-state index contributed by atoms with van der Waals surface area (Å²) in [6.07, 6.45) is 0.614. The highest BCUT2D eigenvalue weighted by Gasteiger charge is 2.22. The number of hydrogen-bond donors (Lipinski definition) is 3. The molecule has 1 aromatic rings. The van der Waals surface area contributed by atoms with Crippen molar-refractivity contribution in [2.75, 3.05) is 0 Å². The van der Waals surface area contributed by atoms with Crippen LogP contribution in [-0.4, -0.2) is 32.2 Å². The molecule has 1 aromatic carbocycles. The predicted molar refractivity (Wildman–Crippen MR) is 58.0 cm³/mol. The van der Waals surface area contributed by atoms with Gasteiger partial charge in [0.15, 0.2) is 5.75 Å². The van der Waals surface area contributed by atoms with Crippen molar-refractivity contribution < 1.29 is 29.8 Å². The SMILES string of the molecule is O=C(O)C(=Cc1cccc(O)c1[N+](=O)[O-])C(=O)O. The van der Waals surface area contributed by atoms with Crippen LogP contribution in [0.3, 0.4) is 0 Å². The van der Waals surface area contributed by atoms with Gasteiger partial charge in [-0.15, -0.1) is 0 Å². The van der Waals surface area contributed by atoms with Gasteiger partial charge in [-0.1, -0.05) is 6.07 Å². The van der Waals surface area contributed by atoms with E-state index in [9.17, 15) is 24.8 Å². The number of rotatable bonds is 4. The van der Waals surface area contributed by atoms with Crippen molar-refractivity contribution in [1.29, 1.82) is 0 Å². The maximum Gasteiger partial charge on any atom is 0.343 e. The Morgan fingerprint density at radius 2 is 1.78 bits per heavy atom. The van der Waals surface area contributed by atoms with Crippen molar-refractivity contribution in [2.24, 2.45) is 0 Å².